The second-order valence-electron chi connectivity index (χ2n) is 5.77. The maximum Gasteiger partial charge on any atom is 0.289 e. The SMILES string of the molecule is O=C(CCc1ccccc1)Nc1ccc(CN2C(=O)CSC2=O)cc1. The molecular formula is C19H18N2O3S. The average Bonchev–Trinajstić information content (AvgIpc) is 2.94. The fourth-order valence-electron chi connectivity index (χ4n) is 2.54. The molecule has 1 aliphatic rings. The van der Waals surface area contributed by atoms with Crippen molar-refractivity contribution in [2.75, 3.05) is 11.1 Å². The van der Waals surface area contributed by atoms with E-state index < -0.39 is 0 Å². The van der Waals surface area contributed by atoms with Gasteiger partial charge in [0.25, 0.3) is 5.24 Å². The van der Waals surface area contributed by atoms with Crippen molar-refractivity contribution < 1.29 is 14.4 Å². The van der Waals surface area contributed by atoms with E-state index >= 15 is 0 Å². The van der Waals surface area contributed by atoms with E-state index in [4.69, 9.17) is 0 Å². The molecule has 2 aromatic rings. The van der Waals surface area contributed by atoms with Crippen LogP contribution in [-0.2, 0) is 22.6 Å². The third kappa shape index (κ3) is 4.70. The summed E-state index contributed by atoms with van der Waals surface area (Å²) in [6, 6.07) is 17.1. The van der Waals surface area contributed by atoms with Gasteiger partial charge in [-0.1, -0.05) is 54.2 Å². The molecule has 25 heavy (non-hydrogen) atoms. The van der Waals surface area contributed by atoms with Crippen LogP contribution in [0.4, 0.5) is 10.5 Å². The maximum absolute atomic E-state index is 12.0. The smallest absolute Gasteiger partial charge is 0.289 e. The summed E-state index contributed by atoms with van der Waals surface area (Å²) in [6.07, 6.45) is 1.11. The zero-order chi connectivity index (χ0) is 17.6. The van der Waals surface area contributed by atoms with Crippen molar-refractivity contribution in [1.82, 2.24) is 4.90 Å². The quantitative estimate of drug-likeness (QED) is 0.863. The van der Waals surface area contributed by atoms with E-state index in [2.05, 4.69) is 5.32 Å². The highest BCUT2D eigenvalue weighted by Gasteiger charge is 2.29. The number of hydrogen-bond acceptors (Lipinski definition) is 4. The number of carbonyl (C=O) groups is 3. The number of thioether (sulfide) groups is 1. The average molecular weight is 354 g/mol. The Kier molecular flexibility index (Phi) is 5.50. The van der Waals surface area contributed by atoms with Crippen molar-refractivity contribution in [2.45, 2.75) is 19.4 Å². The Bertz CT molecular complexity index is 759. The Balaban J connectivity index is 1.51. The van der Waals surface area contributed by atoms with Crippen LogP contribution < -0.4 is 5.32 Å². The third-order valence-electron chi connectivity index (χ3n) is 3.90. The lowest BCUT2D eigenvalue weighted by molar-refractivity contribution is -0.125. The van der Waals surface area contributed by atoms with Gasteiger partial charge in [-0.05, 0) is 29.7 Å². The van der Waals surface area contributed by atoms with Crippen LogP contribution in [0, 0.1) is 0 Å². The van der Waals surface area contributed by atoms with Gasteiger partial charge in [0.05, 0.1) is 12.3 Å². The lowest BCUT2D eigenvalue weighted by Crippen LogP contribution is -2.27. The molecule has 0 bridgehead atoms. The first kappa shape index (κ1) is 17.2. The molecule has 5 nitrogen and oxygen atoms in total. The van der Waals surface area contributed by atoms with Crippen LogP contribution in [-0.4, -0.2) is 27.7 Å². The molecule has 6 heteroatoms. The lowest BCUT2D eigenvalue weighted by atomic mass is 10.1. The largest absolute Gasteiger partial charge is 0.326 e. The number of benzene rings is 2. The van der Waals surface area contributed by atoms with E-state index in [9.17, 15) is 14.4 Å². The number of rotatable bonds is 6. The van der Waals surface area contributed by atoms with Gasteiger partial charge in [0.15, 0.2) is 0 Å². The molecule has 0 unspecified atom stereocenters. The normalized spacial score (nSPS) is 14.0. The molecule has 1 saturated heterocycles. The maximum atomic E-state index is 12.0. The predicted molar refractivity (Wildman–Crippen MR) is 98.2 cm³/mol. The summed E-state index contributed by atoms with van der Waals surface area (Å²) < 4.78 is 0. The number of aryl methyl sites for hydroxylation is 1. The van der Waals surface area contributed by atoms with E-state index in [1.165, 1.54) is 4.90 Å². The Labute approximate surface area is 150 Å². The summed E-state index contributed by atoms with van der Waals surface area (Å²) in [7, 11) is 0. The number of hydrogen-bond donors (Lipinski definition) is 1. The van der Waals surface area contributed by atoms with E-state index in [1.54, 1.807) is 12.1 Å². The molecule has 0 radical (unpaired) electrons. The number of nitrogens with zero attached hydrogens (tertiary/aromatic N) is 1. The van der Waals surface area contributed by atoms with Crippen LogP contribution in [0.5, 0.6) is 0 Å². The van der Waals surface area contributed by atoms with Gasteiger partial charge in [-0.15, -0.1) is 0 Å². The van der Waals surface area contributed by atoms with Crippen molar-refractivity contribution in [2.24, 2.45) is 0 Å². The highest BCUT2D eigenvalue weighted by molar-refractivity contribution is 8.14. The highest BCUT2D eigenvalue weighted by Crippen LogP contribution is 2.21. The summed E-state index contributed by atoms with van der Waals surface area (Å²) in [5, 5.41) is 2.65. The molecule has 1 N–H and O–H groups in total. The molecule has 128 valence electrons. The minimum Gasteiger partial charge on any atom is -0.326 e. The molecule has 1 heterocycles. The molecular weight excluding hydrogens is 336 g/mol. The van der Waals surface area contributed by atoms with Crippen LogP contribution in [0.1, 0.15) is 17.5 Å². The molecule has 0 atom stereocenters. The van der Waals surface area contributed by atoms with Crippen LogP contribution in [0.15, 0.2) is 54.6 Å². The van der Waals surface area contributed by atoms with Gasteiger partial charge in [-0.3, -0.25) is 19.3 Å². The first-order valence-corrected chi connectivity index (χ1v) is 9.00. The fraction of sp³-hybridized carbons (Fsp3) is 0.211. The minimum atomic E-state index is -0.205. The fourth-order valence-corrected chi connectivity index (χ4v) is 3.26. The molecule has 0 aromatic heterocycles. The predicted octanol–water partition coefficient (Wildman–Crippen LogP) is 3.45. The second-order valence-corrected chi connectivity index (χ2v) is 6.69. The van der Waals surface area contributed by atoms with Crippen LogP contribution in [0.2, 0.25) is 0 Å². The van der Waals surface area contributed by atoms with Gasteiger partial charge in [0.1, 0.15) is 0 Å². The van der Waals surface area contributed by atoms with Gasteiger partial charge in [0, 0.05) is 12.1 Å². The Morgan fingerprint density at radius 1 is 1.00 bits per heavy atom. The zero-order valence-corrected chi connectivity index (χ0v) is 14.4. The molecule has 2 aromatic carbocycles. The molecule has 3 rings (SSSR count). The Hall–Kier alpha value is -2.60. The molecule has 3 amide bonds. The van der Waals surface area contributed by atoms with Crippen molar-refractivity contribution in [1.29, 1.82) is 0 Å². The number of imide groups is 1. The molecule has 1 fully saturated rings. The van der Waals surface area contributed by atoms with Gasteiger partial charge >= 0.3 is 0 Å². The molecule has 0 aliphatic carbocycles. The zero-order valence-electron chi connectivity index (χ0n) is 13.6. The van der Waals surface area contributed by atoms with Gasteiger partial charge in [-0.2, -0.15) is 0 Å². The number of amides is 3. The monoisotopic (exact) mass is 354 g/mol. The van der Waals surface area contributed by atoms with Crippen LogP contribution in [0.3, 0.4) is 0 Å². The summed E-state index contributed by atoms with van der Waals surface area (Å²) in [5.41, 5.74) is 2.69. The summed E-state index contributed by atoms with van der Waals surface area (Å²) in [6.45, 7) is 0.271. The number of carbonyl (C=O) groups excluding carboxylic acids is 3. The summed E-state index contributed by atoms with van der Waals surface area (Å²) >= 11 is 1.03. The van der Waals surface area contributed by atoms with Crippen molar-refractivity contribution in [3.8, 4) is 0 Å². The van der Waals surface area contributed by atoms with Gasteiger partial charge in [-0.25, -0.2) is 0 Å². The van der Waals surface area contributed by atoms with E-state index in [-0.39, 0.29) is 29.4 Å². The molecule has 1 aliphatic heterocycles. The molecule has 0 saturated carbocycles. The van der Waals surface area contributed by atoms with Crippen molar-refractivity contribution in [3.05, 3.63) is 65.7 Å². The minimum absolute atomic E-state index is 0.0436. The lowest BCUT2D eigenvalue weighted by Gasteiger charge is -2.13. The molecule has 0 spiro atoms. The number of anilines is 1. The topological polar surface area (TPSA) is 66.5 Å². The van der Waals surface area contributed by atoms with Gasteiger partial charge < -0.3 is 5.32 Å². The summed E-state index contributed by atoms with van der Waals surface area (Å²) in [5.74, 6) is 0.0141. The van der Waals surface area contributed by atoms with Crippen molar-refractivity contribution >= 4 is 34.5 Å². The standard InChI is InChI=1S/C19H18N2O3S/c22-17(11-8-14-4-2-1-3-5-14)20-16-9-6-15(7-10-16)12-21-18(23)13-25-19(21)24/h1-7,9-10H,8,11-13H2,(H,20,22). The second kappa shape index (κ2) is 7.98. The van der Waals surface area contributed by atoms with Crippen LogP contribution in [0.25, 0.3) is 0 Å². The van der Waals surface area contributed by atoms with Crippen molar-refractivity contribution in [3.63, 3.8) is 0 Å². The Morgan fingerprint density at radius 2 is 1.72 bits per heavy atom. The summed E-state index contributed by atoms with van der Waals surface area (Å²) in [4.78, 5) is 36.5. The van der Waals surface area contributed by atoms with Gasteiger partial charge in [0.2, 0.25) is 11.8 Å². The van der Waals surface area contributed by atoms with E-state index in [0.717, 1.165) is 22.9 Å². The number of nitrogens with one attached hydrogen (secondary N) is 1. The van der Waals surface area contributed by atoms with Crippen LogP contribution >= 0.6 is 11.8 Å². The third-order valence-corrected chi connectivity index (χ3v) is 4.76. The first-order valence-electron chi connectivity index (χ1n) is 8.01. The Morgan fingerprint density at radius 3 is 2.36 bits per heavy atom. The van der Waals surface area contributed by atoms with E-state index in [0.29, 0.717) is 18.5 Å². The first-order chi connectivity index (χ1) is 12.1. The van der Waals surface area contributed by atoms with E-state index in [1.807, 2.05) is 42.5 Å². The highest BCUT2D eigenvalue weighted by atomic mass is 32.2.